The van der Waals surface area contributed by atoms with Gasteiger partial charge in [-0.2, -0.15) is 0 Å². The summed E-state index contributed by atoms with van der Waals surface area (Å²) in [5, 5.41) is 3.21. The zero-order chi connectivity index (χ0) is 10.4. The first-order valence-electron chi connectivity index (χ1n) is 4.51. The van der Waals surface area contributed by atoms with Gasteiger partial charge >= 0.3 is 0 Å². The van der Waals surface area contributed by atoms with E-state index in [0.717, 1.165) is 0 Å². The van der Waals surface area contributed by atoms with Crippen LogP contribution < -0.4 is 5.32 Å². The van der Waals surface area contributed by atoms with Crippen molar-refractivity contribution in [3.05, 3.63) is 24.3 Å². The van der Waals surface area contributed by atoms with Gasteiger partial charge in [0.2, 0.25) is 0 Å². The SMILES string of the molecule is CC1(C)CS(=O)(=O)c2ccccc2N1. The molecule has 0 bridgehead atoms. The average molecular weight is 211 g/mol. The van der Waals surface area contributed by atoms with Crippen molar-refractivity contribution in [3.63, 3.8) is 0 Å². The van der Waals surface area contributed by atoms with Gasteiger partial charge in [-0.25, -0.2) is 8.42 Å². The van der Waals surface area contributed by atoms with Crippen LogP contribution in [0.1, 0.15) is 13.8 Å². The Labute approximate surface area is 84.1 Å². The first-order valence-corrected chi connectivity index (χ1v) is 6.16. The van der Waals surface area contributed by atoms with Crippen molar-refractivity contribution < 1.29 is 8.42 Å². The summed E-state index contributed by atoms with van der Waals surface area (Å²) in [7, 11) is -3.11. The number of para-hydroxylation sites is 1. The van der Waals surface area contributed by atoms with Crippen LogP contribution in [0.25, 0.3) is 0 Å². The van der Waals surface area contributed by atoms with E-state index in [1.54, 1.807) is 18.2 Å². The standard InChI is InChI=1S/C10H13NO2S/c1-10(2)7-14(12,13)9-6-4-3-5-8(9)11-10/h3-6,11H,7H2,1-2H3. The second kappa shape index (κ2) is 2.73. The first-order chi connectivity index (χ1) is 6.41. The Morgan fingerprint density at radius 1 is 1.29 bits per heavy atom. The molecule has 0 amide bonds. The van der Waals surface area contributed by atoms with E-state index in [-0.39, 0.29) is 11.3 Å². The van der Waals surface area contributed by atoms with Crippen molar-refractivity contribution in [2.45, 2.75) is 24.3 Å². The third-order valence-electron chi connectivity index (χ3n) is 2.25. The van der Waals surface area contributed by atoms with Gasteiger partial charge in [0.15, 0.2) is 9.84 Å². The Kier molecular flexibility index (Phi) is 1.86. The maximum atomic E-state index is 11.8. The third kappa shape index (κ3) is 1.50. The normalized spacial score (nSPS) is 22.1. The Balaban J connectivity index is 2.65. The molecule has 0 spiro atoms. The van der Waals surface area contributed by atoms with E-state index in [0.29, 0.717) is 10.6 Å². The number of anilines is 1. The van der Waals surface area contributed by atoms with Gasteiger partial charge in [-0.05, 0) is 26.0 Å². The molecule has 0 saturated heterocycles. The summed E-state index contributed by atoms with van der Waals surface area (Å²) >= 11 is 0. The zero-order valence-corrected chi connectivity index (χ0v) is 9.06. The van der Waals surface area contributed by atoms with Gasteiger partial charge in [-0.1, -0.05) is 12.1 Å². The smallest absolute Gasteiger partial charge is 0.182 e. The molecule has 76 valence electrons. The predicted octanol–water partition coefficient (Wildman–Crippen LogP) is 1.66. The van der Waals surface area contributed by atoms with Gasteiger partial charge in [0, 0.05) is 5.54 Å². The summed E-state index contributed by atoms with van der Waals surface area (Å²) in [5.41, 5.74) is 0.330. The van der Waals surface area contributed by atoms with Gasteiger partial charge in [-0.3, -0.25) is 0 Å². The molecule has 4 heteroatoms. The molecule has 1 aliphatic heterocycles. The van der Waals surface area contributed by atoms with Crippen molar-refractivity contribution in [2.75, 3.05) is 11.1 Å². The maximum absolute atomic E-state index is 11.8. The highest BCUT2D eigenvalue weighted by molar-refractivity contribution is 7.91. The Morgan fingerprint density at radius 2 is 1.93 bits per heavy atom. The van der Waals surface area contributed by atoms with Crippen LogP contribution in [0.2, 0.25) is 0 Å². The minimum atomic E-state index is -3.11. The summed E-state index contributed by atoms with van der Waals surface area (Å²) < 4.78 is 23.7. The molecule has 0 aliphatic carbocycles. The lowest BCUT2D eigenvalue weighted by Crippen LogP contribution is -2.42. The molecule has 2 rings (SSSR count). The molecule has 0 aromatic heterocycles. The fraction of sp³-hybridized carbons (Fsp3) is 0.400. The number of fused-ring (bicyclic) bond motifs is 1. The highest BCUT2D eigenvalue weighted by Crippen LogP contribution is 2.32. The largest absolute Gasteiger partial charge is 0.378 e. The lowest BCUT2D eigenvalue weighted by molar-refractivity contribution is 0.556. The number of hydrogen-bond acceptors (Lipinski definition) is 3. The summed E-state index contributed by atoms with van der Waals surface area (Å²) in [6.07, 6.45) is 0. The molecule has 1 aliphatic rings. The van der Waals surface area contributed by atoms with Crippen molar-refractivity contribution in [1.29, 1.82) is 0 Å². The fourth-order valence-electron chi connectivity index (χ4n) is 1.79. The predicted molar refractivity (Wildman–Crippen MR) is 56.2 cm³/mol. The summed E-state index contributed by atoms with van der Waals surface area (Å²) in [5.74, 6) is 0.150. The summed E-state index contributed by atoms with van der Waals surface area (Å²) in [6, 6.07) is 7.03. The molecular weight excluding hydrogens is 198 g/mol. The highest BCUT2D eigenvalue weighted by atomic mass is 32.2. The van der Waals surface area contributed by atoms with Crippen LogP contribution in [-0.4, -0.2) is 19.7 Å². The quantitative estimate of drug-likeness (QED) is 0.710. The molecule has 14 heavy (non-hydrogen) atoms. The topological polar surface area (TPSA) is 46.2 Å². The average Bonchev–Trinajstić information content (AvgIpc) is 2.00. The van der Waals surface area contributed by atoms with Gasteiger partial charge < -0.3 is 5.32 Å². The van der Waals surface area contributed by atoms with Crippen molar-refractivity contribution in [3.8, 4) is 0 Å². The van der Waals surface area contributed by atoms with Crippen LogP contribution in [0.5, 0.6) is 0 Å². The van der Waals surface area contributed by atoms with Crippen LogP contribution in [0, 0.1) is 0 Å². The number of hydrogen-bond donors (Lipinski definition) is 1. The van der Waals surface area contributed by atoms with Gasteiger partial charge in [0.05, 0.1) is 16.3 Å². The third-order valence-corrected chi connectivity index (χ3v) is 4.37. The molecule has 0 fully saturated rings. The Hall–Kier alpha value is -1.03. The molecule has 0 atom stereocenters. The van der Waals surface area contributed by atoms with Gasteiger partial charge in [0.25, 0.3) is 0 Å². The fourth-order valence-corrected chi connectivity index (χ4v) is 3.71. The lowest BCUT2D eigenvalue weighted by Gasteiger charge is -2.33. The molecule has 0 saturated carbocycles. The first kappa shape index (κ1) is 9.52. The molecule has 1 N–H and O–H groups in total. The van der Waals surface area contributed by atoms with Crippen molar-refractivity contribution in [2.24, 2.45) is 0 Å². The number of sulfone groups is 1. The van der Waals surface area contributed by atoms with E-state index in [1.165, 1.54) is 0 Å². The monoisotopic (exact) mass is 211 g/mol. The molecule has 1 heterocycles. The van der Waals surface area contributed by atoms with Crippen LogP contribution in [-0.2, 0) is 9.84 Å². The maximum Gasteiger partial charge on any atom is 0.182 e. The van der Waals surface area contributed by atoms with E-state index in [1.807, 2.05) is 19.9 Å². The second-order valence-corrected chi connectivity index (χ2v) is 6.22. The second-order valence-electron chi connectivity index (χ2n) is 4.26. The van der Waals surface area contributed by atoms with Crippen molar-refractivity contribution >= 4 is 15.5 Å². The van der Waals surface area contributed by atoms with E-state index in [2.05, 4.69) is 5.32 Å². The summed E-state index contributed by atoms with van der Waals surface area (Å²) in [6.45, 7) is 3.78. The van der Waals surface area contributed by atoms with Crippen molar-refractivity contribution in [1.82, 2.24) is 0 Å². The minimum absolute atomic E-state index is 0.150. The van der Waals surface area contributed by atoms with Gasteiger partial charge in [-0.15, -0.1) is 0 Å². The van der Waals surface area contributed by atoms with Crippen LogP contribution in [0.3, 0.4) is 0 Å². The van der Waals surface area contributed by atoms with Crippen LogP contribution >= 0.6 is 0 Å². The van der Waals surface area contributed by atoms with Crippen LogP contribution in [0.15, 0.2) is 29.2 Å². The molecule has 3 nitrogen and oxygen atoms in total. The molecule has 0 radical (unpaired) electrons. The van der Waals surface area contributed by atoms with Gasteiger partial charge in [0.1, 0.15) is 0 Å². The van der Waals surface area contributed by atoms with Crippen LogP contribution in [0.4, 0.5) is 5.69 Å². The van der Waals surface area contributed by atoms with E-state index in [4.69, 9.17) is 0 Å². The summed E-state index contributed by atoms with van der Waals surface area (Å²) in [4.78, 5) is 0.416. The van der Waals surface area contributed by atoms with E-state index < -0.39 is 9.84 Å². The Morgan fingerprint density at radius 3 is 2.64 bits per heavy atom. The van der Waals surface area contributed by atoms with E-state index in [9.17, 15) is 8.42 Å². The zero-order valence-electron chi connectivity index (χ0n) is 8.24. The molecule has 1 aromatic rings. The minimum Gasteiger partial charge on any atom is -0.378 e. The number of rotatable bonds is 0. The Bertz CT molecular complexity index is 463. The molecule has 0 unspecified atom stereocenters. The van der Waals surface area contributed by atoms with E-state index >= 15 is 0 Å². The number of nitrogens with one attached hydrogen (secondary N) is 1. The molecular formula is C10H13NO2S. The highest BCUT2D eigenvalue weighted by Gasteiger charge is 2.34. The lowest BCUT2D eigenvalue weighted by atomic mass is 10.1. The number of benzene rings is 1. The molecule has 1 aromatic carbocycles.